The van der Waals surface area contributed by atoms with E-state index in [1.165, 1.54) is 6.07 Å². The van der Waals surface area contributed by atoms with Crippen LogP contribution in [-0.4, -0.2) is 5.91 Å². The monoisotopic (exact) mass is 271 g/mol. The molecule has 3 atom stereocenters. The van der Waals surface area contributed by atoms with Crippen molar-refractivity contribution < 1.29 is 18.0 Å². The van der Waals surface area contributed by atoms with Gasteiger partial charge in [0.2, 0.25) is 5.91 Å². The molecule has 0 saturated heterocycles. The summed E-state index contributed by atoms with van der Waals surface area (Å²) in [5.41, 5.74) is -0.220. The second kappa shape index (κ2) is 4.87. The largest absolute Gasteiger partial charge is 0.416 e. The molecule has 2 rings (SSSR count). The highest BCUT2D eigenvalue weighted by Gasteiger charge is 2.39. The second-order valence-corrected chi connectivity index (χ2v) is 5.17. The predicted octanol–water partition coefficient (Wildman–Crippen LogP) is 3.54. The number of amides is 1. The molecule has 1 aliphatic rings. The van der Waals surface area contributed by atoms with Crippen LogP contribution in [0.2, 0.25) is 0 Å². The van der Waals surface area contributed by atoms with E-state index in [1.807, 2.05) is 6.92 Å². The van der Waals surface area contributed by atoms with Gasteiger partial charge in [-0.05, 0) is 37.0 Å². The van der Waals surface area contributed by atoms with E-state index in [4.69, 9.17) is 0 Å². The zero-order valence-corrected chi connectivity index (χ0v) is 10.8. The Kier molecular flexibility index (Phi) is 3.56. The number of carbonyl (C=O) groups is 1. The summed E-state index contributed by atoms with van der Waals surface area (Å²) in [6.45, 7) is 3.68. The Morgan fingerprint density at radius 1 is 1.42 bits per heavy atom. The highest BCUT2D eigenvalue weighted by atomic mass is 19.4. The maximum Gasteiger partial charge on any atom is 0.416 e. The summed E-state index contributed by atoms with van der Waals surface area (Å²) >= 11 is 0. The number of benzene rings is 1. The zero-order chi connectivity index (χ0) is 14.2. The van der Waals surface area contributed by atoms with Crippen molar-refractivity contribution in [1.82, 2.24) is 5.32 Å². The molecule has 5 heteroatoms. The molecular formula is C14H16F3NO. The van der Waals surface area contributed by atoms with Gasteiger partial charge in [-0.3, -0.25) is 4.79 Å². The molecular weight excluding hydrogens is 255 g/mol. The molecule has 0 unspecified atom stereocenters. The third kappa shape index (κ3) is 3.28. The van der Waals surface area contributed by atoms with Crippen LogP contribution in [0, 0.1) is 11.8 Å². The van der Waals surface area contributed by atoms with Gasteiger partial charge in [0.25, 0.3) is 0 Å². The molecule has 0 spiro atoms. The fourth-order valence-corrected chi connectivity index (χ4v) is 2.08. The number of nitrogens with one attached hydrogen (secondary N) is 1. The number of hydrogen-bond donors (Lipinski definition) is 1. The molecule has 0 heterocycles. The van der Waals surface area contributed by atoms with Crippen molar-refractivity contribution >= 4 is 5.91 Å². The fourth-order valence-electron chi connectivity index (χ4n) is 2.08. The summed E-state index contributed by atoms with van der Waals surface area (Å²) in [7, 11) is 0. The summed E-state index contributed by atoms with van der Waals surface area (Å²) < 4.78 is 37.8. The van der Waals surface area contributed by atoms with Crippen LogP contribution in [-0.2, 0) is 11.0 Å². The SMILES string of the molecule is C[C@@H](NC(=O)[C@H]1C[C@@H]1C)c1cccc(C(F)(F)F)c1. The first-order valence-corrected chi connectivity index (χ1v) is 6.26. The van der Waals surface area contributed by atoms with Crippen LogP contribution < -0.4 is 5.32 Å². The Balaban J connectivity index is 2.06. The first-order valence-electron chi connectivity index (χ1n) is 6.26. The fraction of sp³-hybridized carbons (Fsp3) is 0.500. The maximum absolute atomic E-state index is 12.6. The standard InChI is InChI=1S/C14H16F3NO/c1-8-6-12(8)13(19)18-9(2)10-4-3-5-11(7-10)14(15,16)17/h3-5,7-9,12H,6H2,1-2H3,(H,18,19)/t8-,9+,12-/m0/s1. The van der Waals surface area contributed by atoms with Crippen LogP contribution in [0.25, 0.3) is 0 Å². The molecule has 19 heavy (non-hydrogen) atoms. The van der Waals surface area contributed by atoms with E-state index in [1.54, 1.807) is 13.0 Å². The Hall–Kier alpha value is -1.52. The molecule has 1 aliphatic carbocycles. The molecule has 1 N–H and O–H groups in total. The van der Waals surface area contributed by atoms with E-state index < -0.39 is 17.8 Å². The molecule has 0 aromatic heterocycles. The van der Waals surface area contributed by atoms with E-state index in [0.29, 0.717) is 11.5 Å². The Labute approximate surface area is 110 Å². The van der Waals surface area contributed by atoms with Gasteiger partial charge in [0.1, 0.15) is 0 Å². The maximum atomic E-state index is 12.6. The predicted molar refractivity (Wildman–Crippen MR) is 65.3 cm³/mol. The lowest BCUT2D eigenvalue weighted by atomic mass is 10.0. The third-order valence-corrected chi connectivity index (χ3v) is 3.52. The van der Waals surface area contributed by atoms with Crippen LogP contribution in [0.15, 0.2) is 24.3 Å². The highest BCUT2D eigenvalue weighted by Crippen LogP contribution is 2.38. The Morgan fingerprint density at radius 2 is 2.05 bits per heavy atom. The normalized spacial score (nSPS) is 23.8. The van der Waals surface area contributed by atoms with E-state index in [0.717, 1.165) is 18.6 Å². The van der Waals surface area contributed by atoms with Crippen molar-refractivity contribution in [3.8, 4) is 0 Å². The first-order chi connectivity index (χ1) is 8.79. The van der Waals surface area contributed by atoms with Crippen LogP contribution in [0.1, 0.15) is 37.4 Å². The summed E-state index contributed by atoms with van der Waals surface area (Å²) in [5.74, 6) is 0.333. The van der Waals surface area contributed by atoms with Gasteiger partial charge >= 0.3 is 6.18 Å². The number of carbonyl (C=O) groups excluding carboxylic acids is 1. The lowest BCUT2D eigenvalue weighted by molar-refractivity contribution is -0.137. The molecule has 0 bridgehead atoms. The minimum Gasteiger partial charge on any atom is -0.349 e. The van der Waals surface area contributed by atoms with Gasteiger partial charge in [-0.1, -0.05) is 19.1 Å². The van der Waals surface area contributed by atoms with E-state index in [-0.39, 0.29) is 11.8 Å². The van der Waals surface area contributed by atoms with Crippen LogP contribution >= 0.6 is 0 Å². The molecule has 1 saturated carbocycles. The molecule has 2 nitrogen and oxygen atoms in total. The average Bonchev–Trinajstić information content (AvgIpc) is 3.05. The number of halogens is 3. The minimum absolute atomic E-state index is 0.0215. The highest BCUT2D eigenvalue weighted by molar-refractivity contribution is 5.81. The molecule has 0 radical (unpaired) electrons. The van der Waals surface area contributed by atoms with Crippen molar-refractivity contribution in [3.05, 3.63) is 35.4 Å². The van der Waals surface area contributed by atoms with Gasteiger partial charge in [0, 0.05) is 5.92 Å². The average molecular weight is 271 g/mol. The van der Waals surface area contributed by atoms with E-state index >= 15 is 0 Å². The van der Waals surface area contributed by atoms with Crippen molar-refractivity contribution in [2.75, 3.05) is 0 Å². The van der Waals surface area contributed by atoms with Gasteiger partial charge in [-0.15, -0.1) is 0 Å². The molecule has 1 amide bonds. The quantitative estimate of drug-likeness (QED) is 0.895. The summed E-state index contributed by atoms with van der Waals surface area (Å²) in [5, 5.41) is 2.76. The number of alkyl halides is 3. The van der Waals surface area contributed by atoms with Gasteiger partial charge in [0.05, 0.1) is 11.6 Å². The lowest BCUT2D eigenvalue weighted by Gasteiger charge is -2.16. The molecule has 104 valence electrons. The second-order valence-electron chi connectivity index (χ2n) is 5.17. The van der Waals surface area contributed by atoms with Crippen molar-refractivity contribution in [1.29, 1.82) is 0 Å². The summed E-state index contributed by atoms with van der Waals surface area (Å²) in [6, 6.07) is 4.65. The van der Waals surface area contributed by atoms with Crippen LogP contribution in [0.4, 0.5) is 13.2 Å². The zero-order valence-electron chi connectivity index (χ0n) is 10.8. The van der Waals surface area contributed by atoms with Crippen LogP contribution in [0.3, 0.4) is 0 Å². The number of hydrogen-bond acceptors (Lipinski definition) is 1. The van der Waals surface area contributed by atoms with Gasteiger partial charge in [0.15, 0.2) is 0 Å². The van der Waals surface area contributed by atoms with Gasteiger partial charge < -0.3 is 5.32 Å². The first kappa shape index (κ1) is 13.9. The smallest absolute Gasteiger partial charge is 0.349 e. The Bertz CT molecular complexity index is 484. The van der Waals surface area contributed by atoms with Crippen molar-refractivity contribution in [2.45, 2.75) is 32.5 Å². The van der Waals surface area contributed by atoms with Crippen molar-refractivity contribution in [2.24, 2.45) is 11.8 Å². The summed E-state index contributed by atoms with van der Waals surface area (Å²) in [6.07, 6.45) is -3.49. The lowest BCUT2D eigenvalue weighted by Crippen LogP contribution is -2.28. The topological polar surface area (TPSA) is 29.1 Å². The van der Waals surface area contributed by atoms with Crippen LogP contribution in [0.5, 0.6) is 0 Å². The van der Waals surface area contributed by atoms with Gasteiger partial charge in [-0.2, -0.15) is 13.2 Å². The third-order valence-electron chi connectivity index (χ3n) is 3.52. The minimum atomic E-state index is -4.36. The van der Waals surface area contributed by atoms with E-state index in [9.17, 15) is 18.0 Å². The van der Waals surface area contributed by atoms with E-state index in [2.05, 4.69) is 5.32 Å². The molecule has 1 aromatic carbocycles. The summed E-state index contributed by atoms with van der Waals surface area (Å²) in [4.78, 5) is 11.7. The molecule has 0 aliphatic heterocycles. The number of rotatable bonds is 3. The molecule has 1 fully saturated rings. The Morgan fingerprint density at radius 3 is 2.58 bits per heavy atom. The van der Waals surface area contributed by atoms with Crippen molar-refractivity contribution in [3.63, 3.8) is 0 Å². The molecule has 1 aromatic rings. The van der Waals surface area contributed by atoms with Gasteiger partial charge in [-0.25, -0.2) is 0 Å².